The quantitative estimate of drug-likeness (QED) is 0.532. The maximum absolute atomic E-state index is 12.2. The molecule has 0 bridgehead atoms. The largest absolute Gasteiger partial charge is 0.507 e. The first-order valence-electron chi connectivity index (χ1n) is 5.85. The van der Waals surface area contributed by atoms with Gasteiger partial charge in [0.2, 0.25) is 0 Å². The second kappa shape index (κ2) is 6.07. The highest BCUT2D eigenvalue weighted by Gasteiger charge is 2.25. The van der Waals surface area contributed by atoms with E-state index in [2.05, 4.69) is 47.8 Å². The molecule has 1 N–H and O–H groups in total. The number of aryl methyl sites for hydroxylation is 1. The van der Waals surface area contributed by atoms with Gasteiger partial charge in [-0.3, -0.25) is 0 Å². The molecule has 0 fully saturated rings. The standard InChI is InChI=1S/C13H12Br3NO3/c1-3-20-13(19)9-6-4-8(18)10(15)11(16)12(6)17(2)7(9)5-14/h4,18H,3,5H2,1-2H3. The van der Waals surface area contributed by atoms with Crippen molar-refractivity contribution >= 4 is 64.7 Å². The summed E-state index contributed by atoms with van der Waals surface area (Å²) in [6, 6.07) is 1.57. The lowest BCUT2D eigenvalue weighted by atomic mass is 10.1. The first-order chi connectivity index (χ1) is 9.43. The first-order valence-corrected chi connectivity index (χ1v) is 8.56. The van der Waals surface area contributed by atoms with Gasteiger partial charge >= 0.3 is 5.97 Å². The van der Waals surface area contributed by atoms with Gasteiger partial charge in [0.05, 0.1) is 26.6 Å². The predicted octanol–water partition coefficient (Wildman–Crippen LogP) is 4.48. The fourth-order valence-electron chi connectivity index (χ4n) is 2.17. The average molecular weight is 470 g/mol. The van der Waals surface area contributed by atoms with Crippen molar-refractivity contribution in [3.8, 4) is 5.75 Å². The van der Waals surface area contributed by atoms with Crippen molar-refractivity contribution in [2.45, 2.75) is 12.3 Å². The van der Waals surface area contributed by atoms with Crippen LogP contribution in [0.3, 0.4) is 0 Å². The van der Waals surface area contributed by atoms with Crippen molar-refractivity contribution in [1.82, 2.24) is 4.57 Å². The molecule has 0 amide bonds. The summed E-state index contributed by atoms with van der Waals surface area (Å²) < 4.78 is 8.29. The lowest BCUT2D eigenvalue weighted by Gasteiger charge is -2.05. The molecular formula is C13H12Br3NO3. The van der Waals surface area contributed by atoms with Crippen LogP contribution in [0.1, 0.15) is 23.0 Å². The number of fused-ring (bicyclic) bond motifs is 1. The van der Waals surface area contributed by atoms with Gasteiger partial charge in [-0.25, -0.2) is 4.79 Å². The van der Waals surface area contributed by atoms with Gasteiger partial charge in [0, 0.05) is 23.5 Å². The van der Waals surface area contributed by atoms with Crippen LogP contribution in [0.15, 0.2) is 15.0 Å². The van der Waals surface area contributed by atoms with Crippen LogP contribution < -0.4 is 0 Å². The third kappa shape index (κ3) is 2.40. The van der Waals surface area contributed by atoms with E-state index in [0.29, 0.717) is 31.8 Å². The van der Waals surface area contributed by atoms with Crippen molar-refractivity contribution in [3.05, 3.63) is 26.3 Å². The van der Waals surface area contributed by atoms with Crippen LogP contribution in [0.4, 0.5) is 0 Å². The maximum Gasteiger partial charge on any atom is 0.340 e. The molecule has 0 unspecified atom stereocenters. The van der Waals surface area contributed by atoms with Gasteiger partial charge in [-0.1, -0.05) is 15.9 Å². The van der Waals surface area contributed by atoms with Crippen molar-refractivity contribution in [2.24, 2.45) is 7.05 Å². The third-order valence-corrected chi connectivity index (χ3v) is 5.70. The molecule has 0 spiro atoms. The van der Waals surface area contributed by atoms with Crippen LogP contribution in [0, 0.1) is 0 Å². The van der Waals surface area contributed by atoms with Crippen LogP contribution in [0.5, 0.6) is 5.75 Å². The molecule has 0 atom stereocenters. The summed E-state index contributed by atoms with van der Waals surface area (Å²) in [4.78, 5) is 12.2. The summed E-state index contributed by atoms with van der Waals surface area (Å²) in [6.45, 7) is 2.07. The zero-order chi connectivity index (χ0) is 15.0. The molecule has 0 radical (unpaired) electrons. The highest BCUT2D eigenvalue weighted by Crippen LogP contribution is 2.41. The monoisotopic (exact) mass is 467 g/mol. The summed E-state index contributed by atoms with van der Waals surface area (Å²) in [5.41, 5.74) is 2.11. The number of nitrogens with zero attached hydrogens (tertiary/aromatic N) is 1. The van der Waals surface area contributed by atoms with Crippen molar-refractivity contribution in [2.75, 3.05) is 6.61 Å². The zero-order valence-electron chi connectivity index (χ0n) is 10.8. The lowest BCUT2D eigenvalue weighted by Crippen LogP contribution is -2.07. The Morgan fingerprint density at radius 1 is 1.40 bits per heavy atom. The topological polar surface area (TPSA) is 51.5 Å². The molecule has 2 rings (SSSR count). The Labute approximate surface area is 141 Å². The summed E-state index contributed by atoms with van der Waals surface area (Å²) >= 11 is 10.2. The molecule has 0 aliphatic rings. The minimum atomic E-state index is -0.388. The van der Waals surface area contributed by atoms with E-state index in [9.17, 15) is 9.90 Å². The van der Waals surface area contributed by atoms with Crippen LogP contribution in [-0.2, 0) is 17.1 Å². The Kier molecular flexibility index (Phi) is 4.81. The summed E-state index contributed by atoms with van der Waals surface area (Å²) in [5, 5.41) is 11.1. The van der Waals surface area contributed by atoms with E-state index in [1.807, 2.05) is 11.6 Å². The molecule has 20 heavy (non-hydrogen) atoms. The number of hydrogen-bond acceptors (Lipinski definition) is 3. The van der Waals surface area contributed by atoms with Crippen LogP contribution in [0.25, 0.3) is 10.9 Å². The number of rotatable bonds is 3. The minimum Gasteiger partial charge on any atom is -0.507 e. The molecule has 0 saturated heterocycles. The molecular weight excluding hydrogens is 458 g/mol. The van der Waals surface area contributed by atoms with Gasteiger partial charge in [-0.15, -0.1) is 0 Å². The smallest absolute Gasteiger partial charge is 0.340 e. The first kappa shape index (κ1) is 15.9. The summed E-state index contributed by atoms with van der Waals surface area (Å²) in [7, 11) is 1.87. The number of aromatic nitrogens is 1. The van der Waals surface area contributed by atoms with E-state index >= 15 is 0 Å². The van der Waals surface area contributed by atoms with Gasteiger partial charge in [-0.2, -0.15) is 0 Å². The SMILES string of the molecule is CCOC(=O)c1c(CBr)n(C)c2c(Br)c(Br)c(O)cc12. The number of phenols is 1. The third-order valence-electron chi connectivity index (χ3n) is 3.07. The van der Waals surface area contributed by atoms with E-state index in [0.717, 1.165) is 11.2 Å². The number of phenolic OH excluding ortho intramolecular Hbond substituents is 1. The fourth-order valence-corrected chi connectivity index (χ4v) is 3.81. The highest BCUT2D eigenvalue weighted by molar-refractivity contribution is 9.13. The highest BCUT2D eigenvalue weighted by atomic mass is 79.9. The zero-order valence-corrected chi connectivity index (χ0v) is 15.6. The number of ether oxygens (including phenoxy) is 1. The van der Waals surface area contributed by atoms with Crippen LogP contribution >= 0.6 is 47.8 Å². The van der Waals surface area contributed by atoms with E-state index in [-0.39, 0.29) is 11.7 Å². The number of carbonyl (C=O) groups excluding carboxylic acids is 1. The Balaban J connectivity index is 2.89. The number of carbonyl (C=O) groups is 1. The minimum absolute atomic E-state index is 0.0710. The molecule has 2 aromatic rings. The normalized spacial score (nSPS) is 11.1. The van der Waals surface area contributed by atoms with E-state index < -0.39 is 0 Å². The second-order valence-corrected chi connectivity index (χ2v) is 6.30. The van der Waals surface area contributed by atoms with Crippen molar-refractivity contribution < 1.29 is 14.6 Å². The van der Waals surface area contributed by atoms with E-state index in [1.165, 1.54) is 0 Å². The van der Waals surface area contributed by atoms with Gasteiger partial charge < -0.3 is 14.4 Å². The van der Waals surface area contributed by atoms with Gasteiger partial charge in [0.15, 0.2) is 0 Å². The molecule has 1 aromatic carbocycles. The summed E-state index contributed by atoms with van der Waals surface area (Å²) in [6.07, 6.45) is 0. The van der Waals surface area contributed by atoms with Crippen LogP contribution in [-0.4, -0.2) is 22.2 Å². The Bertz CT molecular complexity index is 694. The molecule has 1 aromatic heterocycles. The Morgan fingerprint density at radius 3 is 2.60 bits per heavy atom. The number of esters is 1. The van der Waals surface area contributed by atoms with E-state index in [4.69, 9.17) is 4.74 Å². The molecule has 7 heteroatoms. The Hall–Kier alpha value is -0.530. The molecule has 0 aliphatic heterocycles. The number of benzene rings is 1. The number of alkyl halides is 1. The molecule has 0 aliphatic carbocycles. The van der Waals surface area contributed by atoms with Gasteiger partial charge in [0.25, 0.3) is 0 Å². The molecule has 0 saturated carbocycles. The molecule has 1 heterocycles. The summed E-state index contributed by atoms with van der Waals surface area (Å²) in [5.74, 6) is -0.317. The second-order valence-electron chi connectivity index (χ2n) is 4.15. The number of hydrogen-bond donors (Lipinski definition) is 1. The van der Waals surface area contributed by atoms with Crippen molar-refractivity contribution in [1.29, 1.82) is 0 Å². The number of aromatic hydroxyl groups is 1. The van der Waals surface area contributed by atoms with Crippen LogP contribution in [0.2, 0.25) is 0 Å². The average Bonchev–Trinajstić information content (AvgIpc) is 2.68. The van der Waals surface area contributed by atoms with Crippen molar-refractivity contribution in [3.63, 3.8) is 0 Å². The lowest BCUT2D eigenvalue weighted by molar-refractivity contribution is 0.0527. The van der Waals surface area contributed by atoms with Gasteiger partial charge in [-0.05, 0) is 44.8 Å². The maximum atomic E-state index is 12.2. The predicted molar refractivity (Wildman–Crippen MR) is 88.6 cm³/mol. The van der Waals surface area contributed by atoms with Gasteiger partial charge in [0.1, 0.15) is 5.75 Å². The fraction of sp³-hybridized carbons (Fsp3) is 0.308. The van der Waals surface area contributed by atoms with E-state index in [1.54, 1.807) is 13.0 Å². The Morgan fingerprint density at radius 2 is 2.05 bits per heavy atom. The number of halogens is 3. The molecule has 108 valence electrons. The molecule has 4 nitrogen and oxygen atoms in total.